The van der Waals surface area contributed by atoms with E-state index < -0.39 is 5.76 Å². The number of nitrogens with zero attached hydrogens (tertiary/aromatic N) is 4. The van der Waals surface area contributed by atoms with Crippen molar-refractivity contribution in [3.8, 4) is 0 Å². The Morgan fingerprint density at radius 1 is 1.42 bits per heavy atom. The van der Waals surface area contributed by atoms with E-state index in [1.807, 2.05) is 28.9 Å². The summed E-state index contributed by atoms with van der Waals surface area (Å²) < 4.78 is 13.0. The second-order valence-electron chi connectivity index (χ2n) is 4.04. The van der Waals surface area contributed by atoms with E-state index in [2.05, 4.69) is 10.1 Å². The van der Waals surface area contributed by atoms with Crippen LogP contribution in [0.4, 0.5) is 0 Å². The number of hydrogen-bond donors (Lipinski definition) is 0. The molecular weight excluding hydrogens is 248 g/mol. The number of rotatable bonds is 4. The average Bonchev–Trinajstić information content (AvgIpc) is 2.98. The highest BCUT2D eigenvalue weighted by Gasteiger charge is 2.10. The lowest BCUT2D eigenvalue weighted by molar-refractivity contribution is 0.158. The van der Waals surface area contributed by atoms with Crippen LogP contribution in [-0.2, 0) is 17.9 Å². The number of fused-ring (bicyclic) bond motifs is 1. The fourth-order valence-electron chi connectivity index (χ4n) is 1.92. The Balaban J connectivity index is 1.96. The van der Waals surface area contributed by atoms with Crippen LogP contribution in [0.2, 0.25) is 0 Å². The van der Waals surface area contributed by atoms with Crippen LogP contribution in [0.1, 0.15) is 11.5 Å². The lowest BCUT2D eigenvalue weighted by atomic mass is 10.2. The van der Waals surface area contributed by atoms with Crippen molar-refractivity contribution in [2.75, 3.05) is 7.11 Å². The molecule has 0 aliphatic carbocycles. The van der Waals surface area contributed by atoms with Crippen molar-refractivity contribution >= 4 is 5.65 Å². The Labute approximate surface area is 108 Å². The smallest absolute Gasteiger partial charge is 0.390 e. The normalized spacial score (nSPS) is 11.2. The first kappa shape index (κ1) is 11.7. The quantitative estimate of drug-likeness (QED) is 0.689. The van der Waals surface area contributed by atoms with Gasteiger partial charge in [0.2, 0.25) is 5.89 Å². The standard InChI is InChI=1S/C12H12N4O3/c1-18-8-10-14-16(12(17)19-10)7-9-3-2-5-15-6-4-13-11(9)15/h2-6H,7-8H2,1H3. The zero-order valence-corrected chi connectivity index (χ0v) is 10.3. The molecule has 0 N–H and O–H groups in total. The van der Waals surface area contributed by atoms with Crippen molar-refractivity contribution in [3.05, 3.63) is 52.7 Å². The Morgan fingerprint density at radius 3 is 3.16 bits per heavy atom. The zero-order valence-electron chi connectivity index (χ0n) is 10.3. The Hall–Kier alpha value is -2.41. The van der Waals surface area contributed by atoms with Crippen LogP contribution >= 0.6 is 0 Å². The summed E-state index contributed by atoms with van der Waals surface area (Å²) in [6.07, 6.45) is 5.45. The fourth-order valence-corrected chi connectivity index (χ4v) is 1.92. The second-order valence-corrected chi connectivity index (χ2v) is 4.04. The first-order chi connectivity index (χ1) is 9.28. The van der Waals surface area contributed by atoms with E-state index >= 15 is 0 Å². The summed E-state index contributed by atoms with van der Waals surface area (Å²) in [7, 11) is 1.52. The van der Waals surface area contributed by atoms with Crippen molar-refractivity contribution in [1.29, 1.82) is 0 Å². The highest BCUT2D eigenvalue weighted by atomic mass is 16.5. The molecule has 0 aliphatic heterocycles. The summed E-state index contributed by atoms with van der Waals surface area (Å²) in [5.74, 6) is -0.233. The number of hydrogen-bond acceptors (Lipinski definition) is 5. The van der Waals surface area contributed by atoms with Crippen LogP contribution in [-0.4, -0.2) is 26.3 Å². The maximum absolute atomic E-state index is 11.6. The van der Waals surface area contributed by atoms with Crippen molar-refractivity contribution in [1.82, 2.24) is 19.2 Å². The molecule has 19 heavy (non-hydrogen) atoms. The Bertz CT molecular complexity index is 756. The molecule has 7 heteroatoms. The van der Waals surface area contributed by atoms with Crippen LogP contribution < -0.4 is 5.76 Å². The van der Waals surface area contributed by atoms with E-state index in [0.717, 1.165) is 11.2 Å². The highest BCUT2D eigenvalue weighted by molar-refractivity contribution is 5.47. The first-order valence-electron chi connectivity index (χ1n) is 5.74. The molecule has 3 rings (SSSR count). The number of ether oxygens (including phenoxy) is 1. The van der Waals surface area contributed by atoms with Gasteiger partial charge in [0.25, 0.3) is 0 Å². The topological polar surface area (TPSA) is 74.6 Å². The average molecular weight is 260 g/mol. The molecule has 3 heterocycles. The molecular formula is C12H12N4O3. The maximum atomic E-state index is 11.6. The van der Waals surface area contributed by atoms with Crippen molar-refractivity contribution in [2.45, 2.75) is 13.2 Å². The third-order valence-electron chi connectivity index (χ3n) is 2.74. The van der Waals surface area contributed by atoms with Crippen molar-refractivity contribution in [3.63, 3.8) is 0 Å². The minimum atomic E-state index is -0.499. The molecule has 0 aliphatic rings. The summed E-state index contributed by atoms with van der Waals surface area (Å²) >= 11 is 0. The lowest BCUT2D eigenvalue weighted by Crippen LogP contribution is -2.17. The van der Waals surface area contributed by atoms with E-state index in [-0.39, 0.29) is 12.5 Å². The van der Waals surface area contributed by atoms with Gasteiger partial charge in [-0.25, -0.2) is 9.78 Å². The van der Waals surface area contributed by atoms with Gasteiger partial charge in [0.05, 0.1) is 6.54 Å². The number of methoxy groups -OCH3 is 1. The van der Waals surface area contributed by atoms with E-state index in [4.69, 9.17) is 9.15 Å². The molecule has 0 spiro atoms. The van der Waals surface area contributed by atoms with E-state index in [0.29, 0.717) is 6.54 Å². The predicted octanol–water partition coefficient (Wildman–Crippen LogP) is 0.679. The molecule has 0 atom stereocenters. The van der Waals surface area contributed by atoms with E-state index in [1.54, 1.807) is 6.20 Å². The SMILES string of the molecule is COCc1nn(Cc2cccn3ccnc23)c(=O)o1. The van der Waals surface area contributed by atoms with E-state index in [9.17, 15) is 4.79 Å². The van der Waals surface area contributed by atoms with Gasteiger partial charge in [0, 0.05) is 31.3 Å². The summed E-state index contributed by atoms with van der Waals surface area (Å²) in [6, 6.07) is 3.80. The van der Waals surface area contributed by atoms with Crippen LogP contribution in [0.25, 0.3) is 5.65 Å². The van der Waals surface area contributed by atoms with Gasteiger partial charge in [-0.05, 0) is 6.07 Å². The molecule has 7 nitrogen and oxygen atoms in total. The first-order valence-corrected chi connectivity index (χ1v) is 5.74. The van der Waals surface area contributed by atoms with Gasteiger partial charge < -0.3 is 13.6 Å². The monoisotopic (exact) mass is 260 g/mol. The molecule has 0 radical (unpaired) electrons. The Morgan fingerprint density at radius 2 is 2.32 bits per heavy atom. The summed E-state index contributed by atoms with van der Waals surface area (Å²) in [5, 5.41) is 4.06. The van der Waals surface area contributed by atoms with Gasteiger partial charge in [-0.3, -0.25) is 0 Å². The Kier molecular flexibility index (Phi) is 2.88. The van der Waals surface area contributed by atoms with Gasteiger partial charge >= 0.3 is 5.76 Å². The molecule has 0 saturated carbocycles. The molecule has 3 aromatic rings. The zero-order chi connectivity index (χ0) is 13.2. The van der Waals surface area contributed by atoms with Crippen molar-refractivity contribution < 1.29 is 9.15 Å². The molecule has 3 aromatic heterocycles. The molecule has 0 aromatic carbocycles. The molecule has 0 bridgehead atoms. The third kappa shape index (κ3) is 2.15. The predicted molar refractivity (Wildman–Crippen MR) is 65.8 cm³/mol. The molecule has 0 amide bonds. The molecule has 98 valence electrons. The van der Waals surface area contributed by atoms with Crippen molar-refractivity contribution in [2.24, 2.45) is 0 Å². The number of pyridine rings is 1. The second kappa shape index (κ2) is 4.69. The highest BCUT2D eigenvalue weighted by Crippen LogP contribution is 2.09. The summed E-state index contributed by atoms with van der Waals surface area (Å²) in [5.41, 5.74) is 1.69. The van der Waals surface area contributed by atoms with Gasteiger partial charge in [0.15, 0.2) is 0 Å². The van der Waals surface area contributed by atoms with Gasteiger partial charge in [-0.2, -0.15) is 4.68 Å². The summed E-state index contributed by atoms with van der Waals surface area (Å²) in [4.78, 5) is 15.9. The van der Waals surface area contributed by atoms with Crippen LogP contribution in [0.15, 0.2) is 39.9 Å². The molecule has 0 fully saturated rings. The molecule has 0 saturated heterocycles. The van der Waals surface area contributed by atoms with Gasteiger partial charge in [0.1, 0.15) is 12.3 Å². The van der Waals surface area contributed by atoms with E-state index in [1.165, 1.54) is 11.8 Å². The van der Waals surface area contributed by atoms with Gasteiger partial charge in [-0.15, -0.1) is 5.10 Å². The summed E-state index contributed by atoms with van der Waals surface area (Å²) in [6.45, 7) is 0.489. The number of aromatic nitrogens is 4. The minimum Gasteiger partial charge on any atom is -0.390 e. The van der Waals surface area contributed by atoms with Crippen LogP contribution in [0.5, 0.6) is 0 Å². The van der Waals surface area contributed by atoms with Crippen LogP contribution in [0, 0.1) is 0 Å². The third-order valence-corrected chi connectivity index (χ3v) is 2.74. The molecule has 0 unspecified atom stereocenters. The number of imidazole rings is 1. The minimum absolute atomic E-state index is 0.176. The lowest BCUT2D eigenvalue weighted by Gasteiger charge is -2.01. The maximum Gasteiger partial charge on any atom is 0.437 e. The largest absolute Gasteiger partial charge is 0.437 e. The van der Waals surface area contributed by atoms with Crippen LogP contribution in [0.3, 0.4) is 0 Å². The van der Waals surface area contributed by atoms with Gasteiger partial charge in [-0.1, -0.05) is 6.07 Å². The fraction of sp³-hybridized carbons (Fsp3) is 0.250.